The number of hydrogen-bond acceptors (Lipinski definition) is 9. The monoisotopic (exact) mass is 354 g/mol. The molecular weight excluding hydrogens is 332 g/mol. The van der Waals surface area contributed by atoms with E-state index in [1.165, 1.54) is 0 Å². The Balaban J connectivity index is 1.96. The normalized spacial score (nSPS) is 43.1. The Morgan fingerprint density at radius 2 is 1.87 bits per heavy atom. The summed E-state index contributed by atoms with van der Waals surface area (Å²) in [6.45, 7) is 1.58. The van der Waals surface area contributed by atoms with Crippen molar-refractivity contribution in [3.8, 4) is 0 Å². The molecule has 23 heavy (non-hydrogen) atoms. The number of thiol groups is 1. The van der Waals surface area contributed by atoms with Crippen LogP contribution >= 0.6 is 12.9 Å². The Morgan fingerprint density at radius 3 is 2.48 bits per heavy atom. The van der Waals surface area contributed by atoms with Gasteiger partial charge < -0.3 is 34.6 Å². The Morgan fingerprint density at radius 1 is 1.17 bits per heavy atom. The summed E-state index contributed by atoms with van der Waals surface area (Å²) < 4.78 is 21.0. The molecular formula is C13H22O9S. The quantitative estimate of drug-likeness (QED) is 0.312. The average Bonchev–Trinajstić information content (AvgIpc) is 2.49. The van der Waals surface area contributed by atoms with E-state index in [0.29, 0.717) is 0 Å². The van der Waals surface area contributed by atoms with E-state index in [4.69, 9.17) is 23.5 Å². The maximum atomic E-state index is 11.0. The van der Waals surface area contributed by atoms with Gasteiger partial charge in [0, 0.05) is 19.3 Å². The van der Waals surface area contributed by atoms with Crippen molar-refractivity contribution in [2.75, 3.05) is 0 Å². The lowest BCUT2D eigenvalue weighted by Gasteiger charge is -2.40. The molecule has 2 saturated heterocycles. The van der Waals surface area contributed by atoms with Crippen LogP contribution in [0.1, 0.15) is 26.2 Å². The van der Waals surface area contributed by atoms with E-state index < -0.39 is 55.2 Å². The highest BCUT2D eigenvalue weighted by Gasteiger charge is 2.42. The number of rotatable bonds is 5. The average molecular weight is 354 g/mol. The molecule has 0 bridgehead atoms. The summed E-state index contributed by atoms with van der Waals surface area (Å²) in [5, 5.41) is 38.5. The molecule has 10 heteroatoms. The summed E-state index contributed by atoms with van der Waals surface area (Å²) >= 11 is 3.64. The molecule has 0 aliphatic carbocycles. The van der Waals surface area contributed by atoms with Gasteiger partial charge in [-0.1, -0.05) is 0 Å². The molecule has 0 spiro atoms. The van der Waals surface area contributed by atoms with Crippen LogP contribution in [0.5, 0.6) is 0 Å². The topological polar surface area (TPSA) is 135 Å². The molecule has 4 N–H and O–H groups in total. The third-order valence-corrected chi connectivity index (χ3v) is 4.20. The minimum absolute atomic E-state index is 0.0135. The van der Waals surface area contributed by atoms with Crippen LogP contribution in [0.15, 0.2) is 0 Å². The van der Waals surface area contributed by atoms with Gasteiger partial charge in [0.2, 0.25) is 0 Å². The van der Waals surface area contributed by atoms with Crippen molar-refractivity contribution in [2.45, 2.75) is 75.4 Å². The Hall–Kier alpha value is -0.460. The van der Waals surface area contributed by atoms with Gasteiger partial charge in [0.15, 0.2) is 18.7 Å². The SMILES string of the molecule is C[C@H](OC1CC(O)CC(C(=O)O)O1)C1O[C@H](OS)CC(O)[C@@H]1O. The zero-order valence-corrected chi connectivity index (χ0v) is 13.4. The van der Waals surface area contributed by atoms with Crippen LogP contribution in [0, 0.1) is 0 Å². The van der Waals surface area contributed by atoms with Gasteiger partial charge >= 0.3 is 5.97 Å². The molecule has 0 radical (unpaired) electrons. The summed E-state index contributed by atoms with van der Waals surface area (Å²) in [6, 6.07) is 0. The zero-order chi connectivity index (χ0) is 17.1. The maximum absolute atomic E-state index is 11.0. The molecule has 0 aromatic carbocycles. The molecule has 2 aliphatic rings. The zero-order valence-electron chi connectivity index (χ0n) is 12.5. The first-order valence-corrected chi connectivity index (χ1v) is 7.72. The lowest BCUT2D eigenvalue weighted by molar-refractivity contribution is -0.284. The van der Waals surface area contributed by atoms with Crippen molar-refractivity contribution in [1.82, 2.24) is 0 Å². The minimum atomic E-state index is -1.20. The van der Waals surface area contributed by atoms with Gasteiger partial charge in [-0.05, 0) is 19.8 Å². The van der Waals surface area contributed by atoms with Gasteiger partial charge in [0.1, 0.15) is 12.2 Å². The number of ether oxygens (including phenoxy) is 3. The van der Waals surface area contributed by atoms with Crippen LogP contribution in [-0.2, 0) is 23.2 Å². The van der Waals surface area contributed by atoms with E-state index in [9.17, 15) is 20.1 Å². The molecule has 2 heterocycles. The third kappa shape index (κ3) is 4.77. The summed E-state index contributed by atoms with van der Waals surface area (Å²) in [5.74, 6) is -1.18. The van der Waals surface area contributed by atoms with Crippen molar-refractivity contribution in [3.63, 3.8) is 0 Å². The van der Waals surface area contributed by atoms with Crippen molar-refractivity contribution in [1.29, 1.82) is 0 Å². The second-order valence-electron chi connectivity index (χ2n) is 5.79. The molecule has 2 aliphatic heterocycles. The fourth-order valence-corrected chi connectivity index (χ4v) is 2.88. The van der Waals surface area contributed by atoms with E-state index in [1.54, 1.807) is 6.92 Å². The Kier molecular flexibility index (Phi) is 6.63. The molecule has 5 unspecified atom stereocenters. The molecule has 0 aromatic heterocycles. The largest absolute Gasteiger partial charge is 0.479 e. The van der Waals surface area contributed by atoms with Gasteiger partial charge in [0.25, 0.3) is 0 Å². The van der Waals surface area contributed by atoms with E-state index >= 15 is 0 Å². The van der Waals surface area contributed by atoms with Crippen LogP contribution in [-0.4, -0.2) is 75.6 Å². The van der Waals surface area contributed by atoms with Crippen LogP contribution < -0.4 is 0 Å². The standard InChI is InChI=1S/C13H22O9S/c1-5(12-11(16)7(15)4-10(21-12)22-23)19-9-3-6(14)2-8(20-9)13(17)18/h5-12,14-16,23H,2-4H2,1H3,(H,17,18)/t5-,6?,7?,8?,9?,10+,11-,12?/m0/s1. The predicted molar refractivity (Wildman–Crippen MR) is 77.4 cm³/mol. The molecule has 0 aromatic rings. The Labute approximate surface area is 138 Å². The lowest BCUT2D eigenvalue weighted by atomic mass is 9.98. The fraction of sp³-hybridized carbons (Fsp3) is 0.923. The summed E-state index contributed by atoms with van der Waals surface area (Å²) in [4.78, 5) is 11.0. The van der Waals surface area contributed by atoms with E-state index in [2.05, 4.69) is 12.9 Å². The van der Waals surface area contributed by atoms with Crippen LogP contribution in [0.4, 0.5) is 0 Å². The lowest BCUT2D eigenvalue weighted by Crippen LogP contribution is -2.54. The highest BCUT2D eigenvalue weighted by molar-refractivity contribution is 7.75. The highest BCUT2D eigenvalue weighted by Crippen LogP contribution is 2.28. The molecule has 0 saturated carbocycles. The first kappa shape index (κ1) is 18.9. The van der Waals surface area contributed by atoms with Crippen LogP contribution in [0.3, 0.4) is 0 Å². The molecule has 0 amide bonds. The van der Waals surface area contributed by atoms with Crippen LogP contribution in [0.25, 0.3) is 0 Å². The van der Waals surface area contributed by atoms with Crippen molar-refractivity contribution >= 4 is 18.9 Å². The van der Waals surface area contributed by atoms with Crippen molar-refractivity contribution < 1.29 is 43.6 Å². The van der Waals surface area contributed by atoms with E-state index in [-0.39, 0.29) is 19.3 Å². The van der Waals surface area contributed by atoms with Gasteiger partial charge in [-0.25, -0.2) is 4.79 Å². The highest BCUT2D eigenvalue weighted by atomic mass is 32.1. The number of carbonyl (C=O) groups is 1. The van der Waals surface area contributed by atoms with Gasteiger partial charge in [-0.3, -0.25) is 4.18 Å². The van der Waals surface area contributed by atoms with E-state index in [1.807, 2.05) is 0 Å². The minimum Gasteiger partial charge on any atom is -0.479 e. The molecule has 2 fully saturated rings. The molecule has 134 valence electrons. The predicted octanol–water partition coefficient (Wildman–Crippen LogP) is -0.960. The second-order valence-corrected chi connectivity index (χ2v) is 6.00. The second kappa shape index (κ2) is 8.08. The first-order valence-electron chi connectivity index (χ1n) is 7.35. The molecule has 2 rings (SSSR count). The number of aliphatic carboxylic acids is 1. The number of aliphatic hydroxyl groups excluding tert-OH is 3. The number of hydrogen-bond donors (Lipinski definition) is 5. The summed E-state index contributed by atoms with van der Waals surface area (Å²) in [7, 11) is 0. The smallest absolute Gasteiger partial charge is 0.333 e. The van der Waals surface area contributed by atoms with Gasteiger partial charge in [-0.15, -0.1) is 0 Å². The third-order valence-electron chi connectivity index (χ3n) is 3.96. The van der Waals surface area contributed by atoms with Crippen LogP contribution in [0.2, 0.25) is 0 Å². The van der Waals surface area contributed by atoms with Gasteiger partial charge in [-0.2, -0.15) is 0 Å². The van der Waals surface area contributed by atoms with Gasteiger partial charge in [0.05, 0.1) is 18.3 Å². The first-order chi connectivity index (χ1) is 10.8. The molecule has 8 atom stereocenters. The number of carboxylic acid groups (broad SMARTS) is 1. The van der Waals surface area contributed by atoms with E-state index in [0.717, 1.165) is 0 Å². The number of carboxylic acids is 1. The van der Waals surface area contributed by atoms with Crippen molar-refractivity contribution in [3.05, 3.63) is 0 Å². The molecule has 9 nitrogen and oxygen atoms in total. The summed E-state index contributed by atoms with van der Waals surface area (Å²) in [6.07, 6.45) is -7.56. The van der Waals surface area contributed by atoms with Crippen molar-refractivity contribution in [2.24, 2.45) is 0 Å². The Bertz CT molecular complexity index is 409. The number of aliphatic hydroxyl groups is 3. The maximum Gasteiger partial charge on any atom is 0.333 e. The fourth-order valence-electron chi connectivity index (χ4n) is 2.75. The summed E-state index contributed by atoms with van der Waals surface area (Å²) in [5.41, 5.74) is 0.